The fourth-order valence-electron chi connectivity index (χ4n) is 14.6. The highest BCUT2D eigenvalue weighted by Crippen LogP contribution is 2.98. The summed E-state index contributed by atoms with van der Waals surface area (Å²) in [5.41, 5.74) is 3.49. The van der Waals surface area contributed by atoms with Crippen LogP contribution < -0.4 is 0 Å². The van der Waals surface area contributed by atoms with Crippen LogP contribution in [0.1, 0.15) is 64.7 Å². The zero-order chi connectivity index (χ0) is 14.6. The molecule has 3 spiro atoms. The second-order valence-electron chi connectivity index (χ2n) is 12.8. The van der Waals surface area contributed by atoms with Crippen LogP contribution in [-0.2, 0) is 0 Å². The summed E-state index contributed by atoms with van der Waals surface area (Å²) in [5.74, 6) is 10.8. The first-order chi connectivity index (χ1) is 11.1. The van der Waals surface area contributed by atoms with Gasteiger partial charge in [-0.3, -0.25) is 0 Å². The maximum absolute atomic E-state index is 2.89. The Bertz CT molecular complexity index is 649. The lowest BCUT2D eigenvalue weighted by Gasteiger charge is -2.96. The quantitative estimate of drug-likeness (QED) is 0.582. The van der Waals surface area contributed by atoms with E-state index in [1.54, 1.807) is 57.8 Å². The van der Waals surface area contributed by atoms with E-state index in [1.807, 2.05) is 0 Å². The highest BCUT2D eigenvalue weighted by atomic mass is 15.0. The maximum atomic E-state index is 2.89. The molecule has 13 rings (SSSR count). The Morgan fingerprint density at radius 3 is 1.74 bits per heavy atom. The Hall–Kier alpha value is 0. The van der Waals surface area contributed by atoms with Gasteiger partial charge in [0.05, 0.1) is 0 Å². The molecular formula is C23H30. The molecule has 8 unspecified atom stereocenters. The van der Waals surface area contributed by atoms with Gasteiger partial charge in [0.25, 0.3) is 0 Å². The lowest BCUT2D eigenvalue weighted by Crippen LogP contribution is -2.90. The molecule has 13 bridgehead atoms. The lowest BCUT2D eigenvalue weighted by atomic mass is 9.08. The molecule has 0 aromatic rings. The van der Waals surface area contributed by atoms with Crippen LogP contribution in [0, 0.1) is 74.9 Å². The molecule has 8 atom stereocenters. The fourth-order valence-corrected chi connectivity index (χ4v) is 14.6. The molecule has 13 fully saturated rings. The van der Waals surface area contributed by atoms with Gasteiger partial charge < -0.3 is 0 Å². The largest absolute Gasteiger partial charge is 0.0585 e. The molecule has 0 aliphatic heterocycles. The third-order valence-electron chi connectivity index (χ3n) is 13.2. The second kappa shape index (κ2) is 2.69. The average molecular weight is 306 g/mol. The van der Waals surface area contributed by atoms with E-state index in [1.165, 1.54) is 53.3 Å². The molecule has 0 amide bonds. The fraction of sp³-hybridized carbons (Fsp3) is 1.00. The Balaban J connectivity index is 1.49. The Morgan fingerprint density at radius 2 is 1.17 bits per heavy atom. The first kappa shape index (κ1) is 11.6. The molecule has 13 aliphatic rings. The van der Waals surface area contributed by atoms with Crippen LogP contribution in [0.5, 0.6) is 0 Å². The summed E-state index contributed by atoms with van der Waals surface area (Å²) in [6.07, 6.45) is 15.3. The third-order valence-corrected chi connectivity index (χ3v) is 13.2. The van der Waals surface area contributed by atoms with Crippen molar-refractivity contribution >= 4 is 0 Å². The van der Waals surface area contributed by atoms with Crippen molar-refractivity contribution in [3.05, 3.63) is 0 Å². The average Bonchev–Trinajstić information content (AvgIpc) is 2.46. The van der Waals surface area contributed by atoms with Crippen LogP contribution >= 0.6 is 0 Å². The summed E-state index contributed by atoms with van der Waals surface area (Å²) in [4.78, 5) is 0. The van der Waals surface area contributed by atoms with Crippen LogP contribution in [-0.4, -0.2) is 0 Å². The van der Waals surface area contributed by atoms with Gasteiger partial charge in [0, 0.05) is 0 Å². The van der Waals surface area contributed by atoms with Crippen LogP contribution in [0.3, 0.4) is 0 Å². The molecular weight excluding hydrogens is 276 g/mol. The smallest absolute Gasteiger partial charge is 0.0194 e. The van der Waals surface area contributed by atoms with E-state index in [2.05, 4.69) is 6.92 Å². The van der Waals surface area contributed by atoms with Gasteiger partial charge in [-0.25, -0.2) is 0 Å². The van der Waals surface area contributed by atoms with Crippen LogP contribution in [0.15, 0.2) is 0 Å². The molecule has 13 saturated carbocycles. The van der Waals surface area contributed by atoms with Gasteiger partial charge in [-0.1, -0.05) is 6.92 Å². The van der Waals surface area contributed by atoms with Crippen LogP contribution in [0.25, 0.3) is 0 Å². The van der Waals surface area contributed by atoms with Gasteiger partial charge in [-0.05, 0) is 133 Å². The minimum absolute atomic E-state index is 0.814. The zero-order valence-electron chi connectivity index (χ0n) is 14.6. The van der Waals surface area contributed by atoms with E-state index in [9.17, 15) is 0 Å². The van der Waals surface area contributed by atoms with Gasteiger partial charge in [0.15, 0.2) is 0 Å². The number of hydrogen-bond donors (Lipinski definition) is 0. The van der Waals surface area contributed by atoms with E-state index in [0.29, 0.717) is 0 Å². The third kappa shape index (κ3) is 0.741. The zero-order valence-corrected chi connectivity index (χ0v) is 14.6. The molecule has 0 aromatic carbocycles. The van der Waals surface area contributed by atoms with Crippen molar-refractivity contribution in [2.24, 2.45) is 74.9 Å². The molecule has 0 heteroatoms. The molecule has 0 saturated heterocycles. The molecule has 122 valence electrons. The predicted octanol–water partition coefficient (Wildman–Crippen LogP) is 5.13. The summed E-state index contributed by atoms with van der Waals surface area (Å²) in [6.45, 7) is 2.89. The van der Waals surface area contributed by atoms with Gasteiger partial charge in [-0.2, -0.15) is 0 Å². The van der Waals surface area contributed by atoms with Crippen molar-refractivity contribution in [2.45, 2.75) is 64.7 Å². The lowest BCUT2D eigenvalue weighted by molar-refractivity contribution is -0.485. The summed E-state index contributed by atoms with van der Waals surface area (Å²) < 4.78 is 0. The van der Waals surface area contributed by atoms with E-state index >= 15 is 0 Å². The van der Waals surface area contributed by atoms with E-state index in [4.69, 9.17) is 0 Å². The molecule has 0 radical (unpaired) electrons. The van der Waals surface area contributed by atoms with Gasteiger partial charge in [-0.15, -0.1) is 0 Å². The van der Waals surface area contributed by atoms with Gasteiger partial charge in [0.1, 0.15) is 0 Å². The summed E-state index contributed by atoms with van der Waals surface area (Å²) in [5, 5.41) is 0. The number of rotatable bonds is 0. The second-order valence-corrected chi connectivity index (χ2v) is 12.8. The highest BCUT2D eigenvalue weighted by molar-refractivity contribution is 5.40. The van der Waals surface area contributed by atoms with Crippen molar-refractivity contribution in [1.29, 1.82) is 0 Å². The SMILES string of the molecule is CC12C3CC4CC56CC7CC(C35)C3C1CC1CC3(C7)C6C2(C4)C1. The van der Waals surface area contributed by atoms with Crippen molar-refractivity contribution in [2.75, 3.05) is 0 Å². The standard InChI is InChI=1S/C23H30/c1-20-15-3-12-7-21-5-11-2-14(17(15)21)18-16(20)4-13-8-22(18,6-11)19(21)23(20,9-12)10-13/h11-19H,2-10H2,1H3. The predicted molar refractivity (Wildman–Crippen MR) is 88.4 cm³/mol. The van der Waals surface area contributed by atoms with Crippen molar-refractivity contribution in [3.63, 3.8) is 0 Å². The van der Waals surface area contributed by atoms with Gasteiger partial charge in [0.2, 0.25) is 0 Å². The Kier molecular flexibility index (Phi) is 1.36. The van der Waals surface area contributed by atoms with Crippen molar-refractivity contribution < 1.29 is 0 Å². The van der Waals surface area contributed by atoms with Gasteiger partial charge >= 0.3 is 0 Å². The molecule has 0 nitrogen and oxygen atoms in total. The molecule has 0 N–H and O–H groups in total. The van der Waals surface area contributed by atoms with E-state index in [0.717, 1.165) is 21.7 Å². The van der Waals surface area contributed by atoms with Crippen LogP contribution in [0.2, 0.25) is 0 Å². The normalized spacial score (nSPS) is 85.2. The van der Waals surface area contributed by atoms with E-state index < -0.39 is 0 Å². The van der Waals surface area contributed by atoms with Crippen molar-refractivity contribution in [3.8, 4) is 0 Å². The molecule has 0 aromatic heterocycles. The van der Waals surface area contributed by atoms with E-state index in [-0.39, 0.29) is 0 Å². The Morgan fingerprint density at radius 1 is 0.652 bits per heavy atom. The molecule has 0 heterocycles. The first-order valence-corrected chi connectivity index (χ1v) is 11.1. The molecule has 13 aliphatic carbocycles. The summed E-state index contributed by atoms with van der Waals surface area (Å²) in [6, 6.07) is 0. The highest BCUT2D eigenvalue weighted by Gasteiger charge is 2.92. The summed E-state index contributed by atoms with van der Waals surface area (Å²) in [7, 11) is 0. The minimum atomic E-state index is 0.814. The monoisotopic (exact) mass is 306 g/mol. The number of hydrogen-bond acceptors (Lipinski definition) is 0. The summed E-state index contributed by atoms with van der Waals surface area (Å²) >= 11 is 0. The minimum Gasteiger partial charge on any atom is -0.0585 e. The first-order valence-electron chi connectivity index (χ1n) is 11.1. The molecule has 23 heavy (non-hydrogen) atoms. The van der Waals surface area contributed by atoms with Crippen LogP contribution in [0.4, 0.5) is 0 Å². The topological polar surface area (TPSA) is 0 Å². The maximum Gasteiger partial charge on any atom is -0.0194 e. The Labute approximate surface area is 140 Å². The van der Waals surface area contributed by atoms with Crippen molar-refractivity contribution in [1.82, 2.24) is 0 Å².